The van der Waals surface area contributed by atoms with E-state index < -0.39 is 11.0 Å². The van der Waals surface area contributed by atoms with Crippen LogP contribution in [0.2, 0.25) is 0 Å². The van der Waals surface area contributed by atoms with E-state index in [1.54, 1.807) is 6.92 Å². The standard InChI is InChI=1S/C5H8BrF3/c1-2-3-4(7)5(6,8)9/h4H,2-3H2,1H3. The fourth-order valence-corrected chi connectivity index (χ4v) is 0.646. The molecular formula is C5H8BrF3. The van der Waals surface area contributed by atoms with Gasteiger partial charge in [0.25, 0.3) is 0 Å². The van der Waals surface area contributed by atoms with Gasteiger partial charge in [-0.05, 0) is 22.4 Å². The predicted molar refractivity (Wildman–Crippen MR) is 33.7 cm³/mol. The summed E-state index contributed by atoms with van der Waals surface area (Å²) in [5, 5.41) is 0. The van der Waals surface area contributed by atoms with Gasteiger partial charge < -0.3 is 0 Å². The zero-order valence-corrected chi connectivity index (χ0v) is 6.59. The quantitative estimate of drug-likeness (QED) is 0.621. The van der Waals surface area contributed by atoms with Crippen LogP contribution in [0.25, 0.3) is 0 Å². The summed E-state index contributed by atoms with van der Waals surface area (Å²) >= 11 is 1.94. The average molecular weight is 205 g/mol. The molecule has 1 atom stereocenters. The van der Waals surface area contributed by atoms with E-state index in [2.05, 4.69) is 0 Å². The molecule has 9 heavy (non-hydrogen) atoms. The number of halogens is 4. The Hall–Kier alpha value is 0.270. The summed E-state index contributed by atoms with van der Waals surface area (Å²) in [6.07, 6.45) is -1.72. The van der Waals surface area contributed by atoms with Crippen molar-refractivity contribution in [3.05, 3.63) is 0 Å². The molecule has 0 bridgehead atoms. The zero-order valence-electron chi connectivity index (χ0n) is 5.00. The van der Waals surface area contributed by atoms with Crippen molar-refractivity contribution in [3.8, 4) is 0 Å². The van der Waals surface area contributed by atoms with Crippen molar-refractivity contribution in [2.45, 2.75) is 30.8 Å². The maximum atomic E-state index is 12.1. The van der Waals surface area contributed by atoms with Crippen molar-refractivity contribution in [1.82, 2.24) is 0 Å². The highest BCUT2D eigenvalue weighted by Crippen LogP contribution is 2.30. The first-order valence-electron chi connectivity index (χ1n) is 2.69. The largest absolute Gasteiger partial charge is 0.331 e. The third kappa shape index (κ3) is 3.78. The molecule has 1 unspecified atom stereocenters. The van der Waals surface area contributed by atoms with Crippen molar-refractivity contribution < 1.29 is 13.2 Å². The van der Waals surface area contributed by atoms with E-state index in [1.807, 2.05) is 15.9 Å². The van der Waals surface area contributed by atoms with Gasteiger partial charge in [-0.2, -0.15) is 8.78 Å². The molecule has 0 N–H and O–H groups in total. The topological polar surface area (TPSA) is 0 Å². The SMILES string of the molecule is CCCC(F)C(F)(F)Br. The highest BCUT2D eigenvalue weighted by molar-refractivity contribution is 9.10. The van der Waals surface area contributed by atoms with Gasteiger partial charge in [0.2, 0.25) is 0 Å². The first-order chi connectivity index (χ1) is 3.98. The Morgan fingerprint density at radius 3 is 2.11 bits per heavy atom. The molecule has 0 amide bonds. The van der Waals surface area contributed by atoms with E-state index >= 15 is 0 Å². The summed E-state index contributed by atoms with van der Waals surface area (Å²) in [7, 11) is 0. The molecule has 0 spiro atoms. The van der Waals surface area contributed by atoms with Crippen LogP contribution in [-0.4, -0.2) is 11.0 Å². The van der Waals surface area contributed by atoms with E-state index in [9.17, 15) is 13.2 Å². The van der Waals surface area contributed by atoms with E-state index in [4.69, 9.17) is 0 Å². The maximum absolute atomic E-state index is 12.1. The van der Waals surface area contributed by atoms with Crippen molar-refractivity contribution in [1.29, 1.82) is 0 Å². The minimum atomic E-state index is -3.34. The Morgan fingerprint density at radius 1 is 1.56 bits per heavy atom. The number of rotatable bonds is 3. The Labute approximate surface area is 60.6 Å². The number of hydrogen-bond donors (Lipinski definition) is 0. The maximum Gasteiger partial charge on any atom is 0.331 e. The summed E-state index contributed by atoms with van der Waals surface area (Å²) in [6.45, 7) is 1.66. The van der Waals surface area contributed by atoms with Gasteiger partial charge in [0.05, 0.1) is 0 Å². The summed E-state index contributed by atoms with van der Waals surface area (Å²) in [5.74, 6) is 0. The first kappa shape index (κ1) is 9.27. The second kappa shape index (κ2) is 3.44. The van der Waals surface area contributed by atoms with E-state index in [0.717, 1.165) is 0 Å². The lowest BCUT2D eigenvalue weighted by Crippen LogP contribution is -2.21. The molecule has 0 aliphatic carbocycles. The molecule has 0 aromatic rings. The molecule has 0 nitrogen and oxygen atoms in total. The molecule has 0 fully saturated rings. The molecule has 0 aliphatic heterocycles. The monoisotopic (exact) mass is 204 g/mol. The van der Waals surface area contributed by atoms with Crippen LogP contribution in [0.4, 0.5) is 13.2 Å². The molecular weight excluding hydrogens is 197 g/mol. The van der Waals surface area contributed by atoms with Gasteiger partial charge in [-0.3, -0.25) is 0 Å². The van der Waals surface area contributed by atoms with Gasteiger partial charge in [-0.25, -0.2) is 4.39 Å². The van der Waals surface area contributed by atoms with Crippen LogP contribution >= 0.6 is 15.9 Å². The molecule has 0 saturated carbocycles. The second-order valence-corrected chi connectivity index (χ2v) is 2.86. The van der Waals surface area contributed by atoms with Gasteiger partial charge in [0.1, 0.15) is 0 Å². The van der Waals surface area contributed by atoms with Crippen LogP contribution < -0.4 is 0 Å². The Balaban J connectivity index is 3.59. The first-order valence-corrected chi connectivity index (χ1v) is 3.48. The highest BCUT2D eigenvalue weighted by Gasteiger charge is 2.35. The summed E-state index contributed by atoms with van der Waals surface area (Å²) < 4.78 is 35.8. The van der Waals surface area contributed by atoms with Crippen LogP contribution in [0, 0.1) is 0 Å². The molecule has 4 heteroatoms. The van der Waals surface area contributed by atoms with Crippen molar-refractivity contribution in [2.75, 3.05) is 0 Å². The Kier molecular flexibility index (Phi) is 3.54. The van der Waals surface area contributed by atoms with Crippen LogP contribution in [0.5, 0.6) is 0 Å². The zero-order chi connectivity index (χ0) is 7.49. The summed E-state index contributed by atoms with van der Waals surface area (Å²) in [5.41, 5.74) is 0. The fraction of sp³-hybridized carbons (Fsp3) is 1.00. The normalized spacial score (nSPS) is 15.7. The minimum absolute atomic E-state index is 0.0990. The van der Waals surface area contributed by atoms with E-state index in [0.29, 0.717) is 6.42 Å². The molecule has 0 heterocycles. The molecule has 0 rings (SSSR count). The lowest BCUT2D eigenvalue weighted by molar-refractivity contribution is 0.0176. The van der Waals surface area contributed by atoms with E-state index in [-0.39, 0.29) is 6.42 Å². The van der Waals surface area contributed by atoms with Crippen LogP contribution in [0.3, 0.4) is 0 Å². The van der Waals surface area contributed by atoms with Crippen molar-refractivity contribution >= 4 is 15.9 Å². The lowest BCUT2D eigenvalue weighted by atomic mass is 10.2. The third-order valence-corrected chi connectivity index (χ3v) is 1.39. The van der Waals surface area contributed by atoms with Gasteiger partial charge >= 0.3 is 4.83 Å². The number of hydrogen-bond acceptors (Lipinski definition) is 0. The average Bonchev–Trinajstić information content (AvgIpc) is 1.64. The Bertz CT molecular complexity index is 78.8. The van der Waals surface area contributed by atoms with Crippen LogP contribution in [0.15, 0.2) is 0 Å². The van der Waals surface area contributed by atoms with Crippen LogP contribution in [0.1, 0.15) is 19.8 Å². The molecule has 0 aromatic heterocycles. The van der Waals surface area contributed by atoms with Gasteiger partial charge in [-0.1, -0.05) is 13.3 Å². The van der Waals surface area contributed by atoms with Gasteiger partial charge in [0.15, 0.2) is 6.17 Å². The predicted octanol–water partition coefficient (Wildman–Crippen LogP) is 3.11. The Morgan fingerprint density at radius 2 is 2.00 bits per heavy atom. The minimum Gasteiger partial charge on any atom is -0.240 e. The van der Waals surface area contributed by atoms with Gasteiger partial charge in [-0.15, -0.1) is 0 Å². The third-order valence-electron chi connectivity index (χ3n) is 0.897. The highest BCUT2D eigenvalue weighted by atomic mass is 79.9. The lowest BCUT2D eigenvalue weighted by Gasteiger charge is -2.11. The summed E-state index contributed by atoms with van der Waals surface area (Å²) in [6, 6.07) is 0. The number of alkyl halides is 4. The molecule has 0 aliphatic rings. The van der Waals surface area contributed by atoms with Gasteiger partial charge in [0, 0.05) is 0 Å². The van der Waals surface area contributed by atoms with Crippen molar-refractivity contribution in [2.24, 2.45) is 0 Å². The molecule has 0 saturated heterocycles. The second-order valence-electron chi connectivity index (χ2n) is 1.80. The smallest absolute Gasteiger partial charge is 0.240 e. The fourth-order valence-electron chi connectivity index (χ4n) is 0.417. The summed E-state index contributed by atoms with van der Waals surface area (Å²) in [4.78, 5) is -3.34. The molecule has 0 aromatic carbocycles. The van der Waals surface area contributed by atoms with Crippen molar-refractivity contribution in [3.63, 3.8) is 0 Å². The van der Waals surface area contributed by atoms with E-state index in [1.165, 1.54) is 0 Å². The van der Waals surface area contributed by atoms with Crippen LogP contribution in [-0.2, 0) is 0 Å². The molecule has 56 valence electrons. The molecule has 0 radical (unpaired) electrons.